The number of nitrogens with one attached hydrogen (secondary N) is 2. The molecule has 0 spiro atoms. The van der Waals surface area contributed by atoms with Crippen LogP contribution in [0.1, 0.15) is 38.3 Å². The first-order chi connectivity index (χ1) is 13.5. The average molecular weight is 376 g/mol. The Morgan fingerprint density at radius 3 is 2.46 bits per heavy atom. The van der Waals surface area contributed by atoms with Crippen molar-refractivity contribution in [2.75, 3.05) is 7.11 Å². The van der Waals surface area contributed by atoms with Crippen molar-refractivity contribution in [1.29, 1.82) is 0 Å². The van der Waals surface area contributed by atoms with Crippen molar-refractivity contribution in [3.63, 3.8) is 0 Å². The van der Waals surface area contributed by atoms with Gasteiger partial charge in [0.2, 0.25) is 0 Å². The summed E-state index contributed by atoms with van der Waals surface area (Å²) in [6, 6.07) is 17.6. The van der Waals surface area contributed by atoms with Gasteiger partial charge in [-0.1, -0.05) is 36.4 Å². The number of benzene rings is 2. The van der Waals surface area contributed by atoms with E-state index in [1.165, 1.54) is 5.56 Å². The number of aromatic amines is 1. The summed E-state index contributed by atoms with van der Waals surface area (Å²) in [6.07, 6.45) is 0.761. The van der Waals surface area contributed by atoms with Gasteiger partial charge in [-0.15, -0.1) is 0 Å². The van der Waals surface area contributed by atoms with Crippen LogP contribution in [0.5, 0.6) is 5.75 Å². The standard InChI is InChI=1S/C23H24N2O3/c1-15-11-16(2)25-23(27)20(15)14-24-22(26)19-10-9-18(13-21(19)28-3)12-17-7-5-4-6-8-17/h4-11,13H,12,14H2,1-3H3,(H,24,26)(H,25,27). The van der Waals surface area contributed by atoms with E-state index in [1.807, 2.05) is 50.2 Å². The van der Waals surface area contributed by atoms with E-state index in [-0.39, 0.29) is 18.0 Å². The molecule has 144 valence electrons. The van der Waals surface area contributed by atoms with Gasteiger partial charge in [-0.05, 0) is 55.2 Å². The minimum absolute atomic E-state index is 0.162. The number of aryl methyl sites for hydroxylation is 2. The lowest BCUT2D eigenvalue weighted by Crippen LogP contribution is -2.28. The maximum Gasteiger partial charge on any atom is 0.255 e. The molecular formula is C23H24N2O3. The molecule has 0 saturated heterocycles. The van der Waals surface area contributed by atoms with Crippen LogP contribution in [0.2, 0.25) is 0 Å². The molecular weight excluding hydrogens is 352 g/mol. The van der Waals surface area contributed by atoms with Crippen LogP contribution >= 0.6 is 0 Å². The second kappa shape index (κ2) is 8.57. The molecule has 0 saturated carbocycles. The molecule has 28 heavy (non-hydrogen) atoms. The Morgan fingerprint density at radius 1 is 1.04 bits per heavy atom. The second-order valence-corrected chi connectivity index (χ2v) is 6.82. The van der Waals surface area contributed by atoms with Crippen molar-refractivity contribution in [1.82, 2.24) is 10.3 Å². The van der Waals surface area contributed by atoms with Crippen molar-refractivity contribution in [2.45, 2.75) is 26.8 Å². The number of hydrogen-bond donors (Lipinski definition) is 2. The summed E-state index contributed by atoms with van der Waals surface area (Å²) in [5.41, 5.74) is 4.73. The minimum Gasteiger partial charge on any atom is -0.496 e. The number of amides is 1. The molecule has 3 aromatic rings. The fourth-order valence-corrected chi connectivity index (χ4v) is 3.23. The molecule has 5 heteroatoms. The number of hydrogen-bond acceptors (Lipinski definition) is 3. The number of aromatic nitrogens is 1. The number of carbonyl (C=O) groups is 1. The van der Waals surface area contributed by atoms with Crippen LogP contribution in [0.3, 0.4) is 0 Å². The molecule has 0 radical (unpaired) electrons. The van der Waals surface area contributed by atoms with Gasteiger partial charge in [0.15, 0.2) is 0 Å². The van der Waals surface area contributed by atoms with Gasteiger partial charge in [0.25, 0.3) is 11.5 Å². The van der Waals surface area contributed by atoms with E-state index in [2.05, 4.69) is 22.4 Å². The summed E-state index contributed by atoms with van der Waals surface area (Å²) in [5.74, 6) is 0.239. The van der Waals surface area contributed by atoms with E-state index in [9.17, 15) is 9.59 Å². The average Bonchev–Trinajstić information content (AvgIpc) is 2.67. The van der Waals surface area contributed by atoms with Gasteiger partial charge >= 0.3 is 0 Å². The van der Waals surface area contributed by atoms with Crippen molar-refractivity contribution in [3.8, 4) is 5.75 Å². The van der Waals surface area contributed by atoms with E-state index in [0.717, 1.165) is 23.2 Å². The van der Waals surface area contributed by atoms with Crippen molar-refractivity contribution in [2.24, 2.45) is 0 Å². The van der Waals surface area contributed by atoms with Gasteiger partial charge in [0.05, 0.1) is 12.7 Å². The quantitative estimate of drug-likeness (QED) is 0.691. The van der Waals surface area contributed by atoms with Crippen LogP contribution in [0, 0.1) is 13.8 Å². The van der Waals surface area contributed by atoms with Crippen LogP contribution in [0.25, 0.3) is 0 Å². The number of ether oxygens (including phenoxy) is 1. The SMILES string of the molecule is COc1cc(Cc2ccccc2)ccc1C(=O)NCc1c(C)cc(C)[nH]c1=O. The molecule has 2 aromatic carbocycles. The Bertz CT molecular complexity index is 1040. The third kappa shape index (κ3) is 4.49. The summed E-state index contributed by atoms with van der Waals surface area (Å²) >= 11 is 0. The summed E-state index contributed by atoms with van der Waals surface area (Å²) < 4.78 is 5.43. The largest absolute Gasteiger partial charge is 0.496 e. The summed E-state index contributed by atoms with van der Waals surface area (Å²) in [6.45, 7) is 3.86. The predicted molar refractivity (Wildman–Crippen MR) is 110 cm³/mol. The van der Waals surface area contributed by atoms with Gasteiger partial charge in [0, 0.05) is 17.8 Å². The number of carbonyl (C=O) groups excluding carboxylic acids is 1. The molecule has 2 N–H and O–H groups in total. The molecule has 1 heterocycles. The molecule has 0 atom stereocenters. The predicted octanol–water partition coefficient (Wildman–Crippen LogP) is 3.52. The number of H-pyrrole nitrogens is 1. The highest BCUT2D eigenvalue weighted by molar-refractivity contribution is 5.97. The molecule has 0 aliphatic heterocycles. The highest BCUT2D eigenvalue weighted by Gasteiger charge is 2.14. The summed E-state index contributed by atoms with van der Waals surface area (Å²) in [7, 11) is 1.55. The molecule has 5 nitrogen and oxygen atoms in total. The second-order valence-electron chi connectivity index (χ2n) is 6.82. The number of rotatable bonds is 6. The molecule has 0 bridgehead atoms. The van der Waals surface area contributed by atoms with Gasteiger partial charge in [-0.25, -0.2) is 0 Å². The highest BCUT2D eigenvalue weighted by Crippen LogP contribution is 2.22. The Kier molecular flexibility index (Phi) is 5.94. The topological polar surface area (TPSA) is 71.2 Å². The molecule has 0 aliphatic carbocycles. The molecule has 1 amide bonds. The van der Waals surface area contributed by atoms with Crippen molar-refractivity contribution >= 4 is 5.91 Å². The Hall–Kier alpha value is -3.34. The Morgan fingerprint density at radius 2 is 1.79 bits per heavy atom. The zero-order chi connectivity index (χ0) is 20.1. The van der Waals surface area contributed by atoms with Crippen LogP contribution in [-0.2, 0) is 13.0 Å². The van der Waals surface area contributed by atoms with Crippen LogP contribution < -0.4 is 15.6 Å². The number of pyridine rings is 1. The van der Waals surface area contributed by atoms with Crippen LogP contribution in [0.4, 0.5) is 0 Å². The number of methoxy groups -OCH3 is 1. The maximum absolute atomic E-state index is 12.7. The van der Waals surface area contributed by atoms with Gasteiger partial charge in [0.1, 0.15) is 5.75 Å². The zero-order valence-electron chi connectivity index (χ0n) is 16.3. The third-order valence-electron chi connectivity index (χ3n) is 4.68. The molecule has 0 unspecified atom stereocenters. The molecule has 0 aliphatic rings. The smallest absolute Gasteiger partial charge is 0.255 e. The maximum atomic E-state index is 12.7. The van der Waals surface area contributed by atoms with Gasteiger partial charge < -0.3 is 15.0 Å². The van der Waals surface area contributed by atoms with E-state index in [4.69, 9.17) is 4.74 Å². The lowest BCUT2D eigenvalue weighted by Gasteiger charge is -2.12. The third-order valence-corrected chi connectivity index (χ3v) is 4.68. The monoisotopic (exact) mass is 376 g/mol. The molecule has 3 rings (SSSR count). The fourth-order valence-electron chi connectivity index (χ4n) is 3.23. The lowest BCUT2D eigenvalue weighted by atomic mass is 10.0. The first-order valence-corrected chi connectivity index (χ1v) is 9.16. The van der Waals surface area contributed by atoms with E-state index in [1.54, 1.807) is 13.2 Å². The zero-order valence-corrected chi connectivity index (χ0v) is 16.3. The molecule has 0 fully saturated rings. The summed E-state index contributed by atoms with van der Waals surface area (Å²) in [4.78, 5) is 27.5. The Labute approximate surface area is 164 Å². The first-order valence-electron chi connectivity index (χ1n) is 9.16. The first kappa shape index (κ1) is 19.4. The summed E-state index contributed by atoms with van der Waals surface area (Å²) in [5, 5.41) is 2.82. The van der Waals surface area contributed by atoms with Crippen LogP contribution in [0.15, 0.2) is 59.4 Å². The van der Waals surface area contributed by atoms with Crippen LogP contribution in [-0.4, -0.2) is 18.0 Å². The van der Waals surface area contributed by atoms with E-state index >= 15 is 0 Å². The highest BCUT2D eigenvalue weighted by atomic mass is 16.5. The van der Waals surface area contributed by atoms with E-state index in [0.29, 0.717) is 16.9 Å². The lowest BCUT2D eigenvalue weighted by molar-refractivity contribution is 0.0947. The fraction of sp³-hybridized carbons (Fsp3) is 0.217. The van der Waals surface area contributed by atoms with Crippen molar-refractivity contribution in [3.05, 3.63) is 98.5 Å². The minimum atomic E-state index is -0.275. The van der Waals surface area contributed by atoms with Crippen molar-refractivity contribution < 1.29 is 9.53 Å². The van der Waals surface area contributed by atoms with E-state index < -0.39 is 0 Å². The normalized spacial score (nSPS) is 10.5. The van der Waals surface area contributed by atoms with Gasteiger partial charge in [-0.3, -0.25) is 9.59 Å². The Balaban J connectivity index is 1.75. The molecule has 1 aromatic heterocycles. The van der Waals surface area contributed by atoms with Gasteiger partial charge in [-0.2, -0.15) is 0 Å².